The average molecular weight is 213 g/mol. The molecule has 1 heterocycles. The van der Waals surface area contributed by atoms with Gasteiger partial charge in [-0.1, -0.05) is 11.6 Å². The molecule has 0 amide bonds. The number of carbonyl (C=O) groups is 1. The van der Waals surface area contributed by atoms with Gasteiger partial charge < -0.3 is 9.47 Å². The van der Waals surface area contributed by atoms with Crippen LogP contribution < -0.4 is 0 Å². The quantitative estimate of drug-likeness (QED) is 0.568. The van der Waals surface area contributed by atoms with E-state index in [1.54, 1.807) is 24.3 Å². The summed E-state index contributed by atoms with van der Waals surface area (Å²) in [6, 6.07) is 6.59. The lowest BCUT2D eigenvalue weighted by atomic mass is 10.2. The van der Waals surface area contributed by atoms with E-state index in [0.717, 1.165) is 0 Å². The number of halogens is 1. The Morgan fingerprint density at radius 1 is 1.50 bits per heavy atom. The fourth-order valence-corrected chi connectivity index (χ4v) is 1.13. The van der Waals surface area contributed by atoms with Gasteiger partial charge in [-0.3, -0.25) is 0 Å². The minimum atomic E-state index is -0.336. The maximum absolute atomic E-state index is 11.4. The van der Waals surface area contributed by atoms with E-state index in [1.807, 2.05) is 0 Å². The van der Waals surface area contributed by atoms with Crippen molar-refractivity contribution in [1.29, 1.82) is 0 Å². The standard InChI is InChI=1S/C10H9ClO3/c11-8-3-1-7(2-4-8)10(12)14-6-9-5-13-9/h1-4,9H,5-6H2/t9-/m0/s1. The first kappa shape index (κ1) is 9.49. The molecule has 1 aliphatic rings. The van der Waals surface area contributed by atoms with Gasteiger partial charge in [-0.2, -0.15) is 0 Å². The maximum Gasteiger partial charge on any atom is 0.338 e. The molecule has 0 spiro atoms. The van der Waals surface area contributed by atoms with Crippen LogP contribution in [0.2, 0.25) is 5.02 Å². The van der Waals surface area contributed by atoms with Gasteiger partial charge in [0.05, 0.1) is 12.2 Å². The van der Waals surface area contributed by atoms with E-state index in [0.29, 0.717) is 23.8 Å². The summed E-state index contributed by atoms with van der Waals surface area (Å²) in [5, 5.41) is 0.604. The smallest absolute Gasteiger partial charge is 0.338 e. The summed E-state index contributed by atoms with van der Waals surface area (Å²) < 4.78 is 9.90. The third kappa shape index (κ3) is 2.47. The molecule has 3 nitrogen and oxygen atoms in total. The van der Waals surface area contributed by atoms with Gasteiger partial charge in [-0.15, -0.1) is 0 Å². The second-order valence-corrected chi connectivity index (χ2v) is 3.50. The number of ether oxygens (including phenoxy) is 2. The summed E-state index contributed by atoms with van der Waals surface area (Å²) in [7, 11) is 0. The van der Waals surface area contributed by atoms with Gasteiger partial charge >= 0.3 is 5.97 Å². The van der Waals surface area contributed by atoms with Crippen molar-refractivity contribution in [3.05, 3.63) is 34.9 Å². The molecule has 0 unspecified atom stereocenters. The molecule has 2 rings (SSSR count). The summed E-state index contributed by atoms with van der Waals surface area (Å²) >= 11 is 5.68. The molecule has 0 aliphatic carbocycles. The van der Waals surface area contributed by atoms with Gasteiger partial charge in [0.25, 0.3) is 0 Å². The van der Waals surface area contributed by atoms with E-state index in [4.69, 9.17) is 21.1 Å². The van der Waals surface area contributed by atoms with Gasteiger partial charge in [-0.05, 0) is 24.3 Å². The minimum absolute atomic E-state index is 0.103. The largest absolute Gasteiger partial charge is 0.459 e. The first-order valence-electron chi connectivity index (χ1n) is 4.30. The van der Waals surface area contributed by atoms with Gasteiger partial charge in [0.1, 0.15) is 12.7 Å². The number of hydrogen-bond acceptors (Lipinski definition) is 3. The predicted molar refractivity (Wildman–Crippen MR) is 51.5 cm³/mol. The highest BCUT2D eigenvalue weighted by atomic mass is 35.5. The van der Waals surface area contributed by atoms with E-state index in [-0.39, 0.29) is 12.1 Å². The molecule has 4 heteroatoms. The monoisotopic (exact) mass is 212 g/mol. The SMILES string of the molecule is O=C(OC[C@@H]1CO1)c1ccc(Cl)cc1. The molecule has 0 saturated carbocycles. The van der Waals surface area contributed by atoms with Crippen molar-refractivity contribution in [3.63, 3.8) is 0 Å². The van der Waals surface area contributed by atoms with E-state index < -0.39 is 0 Å². The molecule has 0 aromatic heterocycles. The summed E-state index contributed by atoms with van der Waals surface area (Å²) in [5.41, 5.74) is 0.509. The molecule has 1 aromatic rings. The fraction of sp³-hybridized carbons (Fsp3) is 0.300. The summed E-state index contributed by atoms with van der Waals surface area (Å²) in [6.07, 6.45) is 0.103. The van der Waals surface area contributed by atoms with Gasteiger partial charge in [0.15, 0.2) is 0 Å². The lowest BCUT2D eigenvalue weighted by Crippen LogP contribution is -2.09. The number of epoxide rings is 1. The second kappa shape index (κ2) is 3.98. The molecule has 1 fully saturated rings. The minimum Gasteiger partial charge on any atom is -0.459 e. The number of hydrogen-bond donors (Lipinski definition) is 0. The third-order valence-corrected chi connectivity index (χ3v) is 2.13. The van der Waals surface area contributed by atoms with Crippen molar-refractivity contribution < 1.29 is 14.3 Å². The fourth-order valence-electron chi connectivity index (χ4n) is 1.00. The molecule has 14 heavy (non-hydrogen) atoms. The van der Waals surface area contributed by atoms with Crippen LogP contribution in [0.15, 0.2) is 24.3 Å². The normalized spacial score (nSPS) is 19.1. The molecule has 0 N–H and O–H groups in total. The Kier molecular flexibility index (Phi) is 2.70. The van der Waals surface area contributed by atoms with Gasteiger partial charge in [0, 0.05) is 5.02 Å². The van der Waals surface area contributed by atoms with Gasteiger partial charge in [0.2, 0.25) is 0 Å². The molecule has 74 valence electrons. The number of benzene rings is 1. The molecule has 0 radical (unpaired) electrons. The Morgan fingerprint density at radius 2 is 2.14 bits per heavy atom. The second-order valence-electron chi connectivity index (χ2n) is 3.06. The number of carbonyl (C=O) groups excluding carboxylic acids is 1. The van der Waals surface area contributed by atoms with E-state index >= 15 is 0 Å². The zero-order chi connectivity index (χ0) is 9.97. The Morgan fingerprint density at radius 3 is 2.71 bits per heavy atom. The number of rotatable bonds is 3. The molecular formula is C10H9ClO3. The van der Waals surface area contributed by atoms with Crippen LogP contribution in [0.1, 0.15) is 10.4 Å². The maximum atomic E-state index is 11.4. The first-order valence-corrected chi connectivity index (χ1v) is 4.68. The molecule has 1 saturated heterocycles. The van der Waals surface area contributed by atoms with Crippen LogP contribution in [0.5, 0.6) is 0 Å². The van der Waals surface area contributed by atoms with Gasteiger partial charge in [-0.25, -0.2) is 4.79 Å². The highest BCUT2D eigenvalue weighted by molar-refractivity contribution is 6.30. The van der Waals surface area contributed by atoms with E-state index in [9.17, 15) is 4.79 Å². The molecule has 1 aliphatic heterocycles. The summed E-state index contributed by atoms with van der Waals surface area (Å²) in [6.45, 7) is 1.02. The third-order valence-electron chi connectivity index (χ3n) is 1.88. The molecule has 1 aromatic carbocycles. The lowest BCUT2D eigenvalue weighted by molar-refractivity contribution is 0.0476. The Hall–Kier alpha value is -1.06. The van der Waals surface area contributed by atoms with Crippen molar-refractivity contribution >= 4 is 17.6 Å². The predicted octanol–water partition coefficient (Wildman–Crippen LogP) is 1.90. The Bertz CT molecular complexity index is 330. The highest BCUT2D eigenvalue weighted by Gasteiger charge is 2.24. The topological polar surface area (TPSA) is 38.8 Å². The molecule has 1 atom stereocenters. The van der Waals surface area contributed by atoms with Crippen molar-refractivity contribution in [2.75, 3.05) is 13.2 Å². The van der Waals surface area contributed by atoms with Crippen LogP contribution in [-0.4, -0.2) is 25.3 Å². The summed E-state index contributed by atoms with van der Waals surface area (Å²) in [4.78, 5) is 11.4. The highest BCUT2D eigenvalue weighted by Crippen LogP contribution is 2.12. The zero-order valence-electron chi connectivity index (χ0n) is 7.40. The Labute approximate surface area is 86.6 Å². The lowest BCUT2D eigenvalue weighted by Gasteiger charge is -2.02. The van der Waals surface area contributed by atoms with Crippen molar-refractivity contribution in [3.8, 4) is 0 Å². The van der Waals surface area contributed by atoms with Crippen LogP contribution in [0, 0.1) is 0 Å². The number of esters is 1. The van der Waals surface area contributed by atoms with Crippen molar-refractivity contribution in [2.24, 2.45) is 0 Å². The molecular weight excluding hydrogens is 204 g/mol. The van der Waals surface area contributed by atoms with Crippen LogP contribution in [0.25, 0.3) is 0 Å². The Balaban J connectivity index is 1.92. The van der Waals surface area contributed by atoms with Crippen molar-refractivity contribution in [1.82, 2.24) is 0 Å². The van der Waals surface area contributed by atoms with Crippen LogP contribution in [0.4, 0.5) is 0 Å². The van der Waals surface area contributed by atoms with E-state index in [1.165, 1.54) is 0 Å². The van der Waals surface area contributed by atoms with Crippen molar-refractivity contribution in [2.45, 2.75) is 6.10 Å². The zero-order valence-corrected chi connectivity index (χ0v) is 8.16. The van der Waals surface area contributed by atoms with Crippen LogP contribution >= 0.6 is 11.6 Å². The molecule has 0 bridgehead atoms. The summed E-state index contributed by atoms with van der Waals surface area (Å²) in [5.74, 6) is -0.336. The van der Waals surface area contributed by atoms with Crippen LogP contribution in [-0.2, 0) is 9.47 Å². The first-order chi connectivity index (χ1) is 6.75. The van der Waals surface area contributed by atoms with E-state index in [2.05, 4.69) is 0 Å². The van der Waals surface area contributed by atoms with Crippen LogP contribution in [0.3, 0.4) is 0 Å². The average Bonchev–Trinajstić information content (AvgIpc) is 2.99.